The molecule has 0 bridgehead atoms. The van der Waals surface area contributed by atoms with Crippen molar-refractivity contribution < 1.29 is 9.90 Å². The van der Waals surface area contributed by atoms with Gasteiger partial charge in [0.05, 0.1) is 0 Å². The summed E-state index contributed by atoms with van der Waals surface area (Å²) in [5.41, 5.74) is 1.83. The first-order chi connectivity index (χ1) is 10.8. The summed E-state index contributed by atoms with van der Waals surface area (Å²) in [5, 5.41) is 10.5. The molecule has 0 radical (unpaired) electrons. The maximum absolute atomic E-state index is 12.4. The summed E-state index contributed by atoms with van der Waals surface area (Å²) < 4.78 is 0. The summed E-state index contributed by atoms with van der Waals surface area (Å²) in [7, 11) is 0. The number of terminal acetylenes is 1. The molecule has 0 amide bonds. The molecule has 5 atom stereocenters. The molecule has 0 heterocycles. The minimum Gasteiger partial charge on any atom is -0.377 e. The predicted octanol–water partition coefficient (Wildman–Crippen LogP) is 3.80. The van der Waals surface area contributed by atoms with Crippen LogP contribution in [0, 0.1) is 35.0 Å². The minimum absolute atomic E-state index is 0.111. The number of Topliss-reactive ketones (excluding diaryl/α,β-unsaturated/α-hetero) is 1. The fourth-order valence-electron chi connectivity index (χ4n) is 5.89. The zero-order valence-corrected chi connectivity index (χ0v) is 14.2. The number of allylic oxidation sites excluding steroid dienone is 3. The van der Waals surface area contributed by atoms with Crippen LogP contribution in [0.4, 0.5) is 0 Å². The zero-order chi connectivity index (χ0) is 16.5. The van der Waals surface area contributed by atoms with Gasteiger partial charge in [-0.1, -0.05) is 43.1 Å². The number of rotatable bonds is 0. The fraction of sp³-hybridized carbons (Fsp3) is 0.667. The van der Waals surface area contributed by atoms with Gasteiger partial charge in [0, 0.05) is 18.3 Å². The van der Waals surface area contributed by atoms with Crippen LogP contribution in [-0.2, 0) is 4.79 Å². The van der Waals surface area contributed by atoms with Gasteiger partial charge >= 0.3 is 0 Å². The van der Waals surface area contributed by atoms with Gasteiger partial charge in [0.1, 0.15) is 11.4 Å². The van der Waals surface area contributed by atoms with Crippen molar-refractivity contribution in [1.29, 1.82) is 0 Å². The Morgan fingerprint density at radius 2 is 1.87 bits per heavy atom. The maximum Gasteiger partial charge on any atom is 0.139 e. The minimum atomic E-state index is -0.969. The highest BCUT2D eigenvalue weighted by atomic mass is 16.3. The molecule has 1 unspecified atom stereocenters. The molecule has 4 aliphatic rings. The molecule has 0 aromatic rings. The van der Waals surface area contributed by atoms with Crippen molar-refractivity contribution in [3.8, 4) is 12.3 Å². The van der Waals surface area contributed by atoms with Crippen LogP contribution in [0.1, 0.15) is 58.8 Å². The van der Waals surface area contributed by atoms with E-state index in [4.69, 9.17) is 6.42 Å². The first kappa shape index (κ1) is 15.2. The van der Waals surface area contributed by atoms with Crippen molar-refractivity contribution >= 4 is 5.78 Å². The monoisotopic (exact) mass is 310 g/mol. The van der Waals surface area contributed by atoms with E-state index in [1.807, 2.05) is 0 Å². The van der Waals surface area contributed by atoms with E-state index in [0.29, 0.717) is 30.5 Å². The lowest BCUT2D eigenvalue weighted by Gasteiger charge is -2.54. The number of hydrogen-bond donors (Lipinski definition) is 1. The second kappa shape index (κ2) is 4.61. The molecule has 3 fully saturated rings. The summed E-state index contributed by atoms with van der Waals surface area (Å²) in [6.45, 7) is 4.54. The second-order valence-electron chi connectivity index (χ2n) is 8.65. The van der Waals surface area contributed by atoms with Crippen LogP contribution in [0.3, 0.4) is 0 Å². The molecule has 2 heteroatoms. The number of ketones is 1. The Hall–Kier alpha value is -1.33. The van der Waals surface area contributed by atoms with Gasteiger partial charge in [0.2, 0.25) is 0 Å². The molecule has 0 spiro atoms. The largest absolute Gasteiger partial charge is 0.377 e. The topological polar surface area (TPSA) is 37.3 Å². The molecule has 3 saturated carbocycles. The summed E-state index contributed by atoms with van der Waals surface area (Å²) in [6.07, 6.45) is 16.1. The highest BCUT2D eigenvalue weighted by Crippen LogP contribution is 2.63. The quantitative estimate of drug-likeness (QED) is 0.691. The van der Waals surface area contributed by atoms with E-state index in [1.54, 1.807) is 0 Å². The third-order valence-corrected chi connectivity index (χ3v) is 7.61. The Morgan fingerprint density at radius 3 is 2.61 bits per heavy atom. The van der Waals surface area contributed by atoms with Crippen molar-refractivity contribution in [2.75, 3.05) is 0 Å². The first-order valence-corrected chi connectivity index (χ1v) is 8.97. The molecule has 0 aromatic carbocycles. The van der Waals surface area contributed by atoms with Crippen LogP contribution in [-0.4, -0.2) is 16.5 Å². The molecule has 0 saturated heterocycles. The Labute approximate surface area is 139 Å². The molecule has 0 aliphatic heterocycles. The SMILES string of the molecule is C#CC1(O)CC[C@@]2(C)C(=CC=C3[C@H]2CC[C@]2(C)C(=O)CC[C@@H]32)C1. The molecular formula is C21H26O2. The van der Waals surface area contributed by atoms with Crippen LogP contribution >= 0.6 is 0 Å². The smallest absolute Gasteiger partial charge is 0.139 e. The average Bonchev–Trinajstić information content (AvgIpc) is 2.84. The van der Waals surface area contributed by atoms with E-state index in [-0.39, 0.29) is 10.8 Å². The molecular weight excluding hydrogens is 284 g/mol. The molecule has 4 aliphatic carbocycles. The van der Waals surface area contributed by atoms with Gasteiger partial charge in [0.15, 0.2) is 0 Å². The lowest BCUT2D eigenvalue weighted by molar-refractivity contribution is -0.127. The Balaban J connectivity index is 1.74. The summed E-state index contributed by atoms with van der Waals surface area (Å²) in [5.74, 6) is 4.02. The number of fused-ring (bicyclic) bond motifs is 5. The van der Waals surface area contributed by atoms with E-state index >= 15 is 0 Å². The lowest BCUT2D eigenvalue weighted by atomic mass is 9.50. The molecule has 4 rings (SSSR count). The van der Waals surface area contributed by atoms with Crippen molar-refractivity contribution in [3.05, 3.63) is 23.3 Å². The lowest BCUT2D eigenvalue weighted by Crippen LogP contribution is -2.48. The fourth-order valence-corrected chi connectivity index (χ4v) is 5.89. The van der Waals surface area contributed by atoms with Crippen molar-refractivity contribution in [2.24, 2.45) is 22.7 Å². The number of hydrogen-bond acceptors (Lipinski definition) is 2. The van der Waals surface area contributed by atoms with Gasteiger partial charge in [0.25, 0.3) is 0 Å². The van der Waals surface area contributed by atoms with Crippen molar-refractivity contribution in [3.63, 3.8) is 0 Å². The van der Waals surface area contributed by atoms with Crippen LogP contribution in [0.15, 0.2) is 23.3 Å². The van der Waals surface area contributed by atoms with Crippen LogP contribution in [0.2, 0.25) is 0 Å². The third-order valence-electron chi connectivity index (χ3n) is 7.61. The van der Waals surface area contributed by atoms with Gasteiger partial charge < -0.3 is 5.11 Å². The van der Waals surface area contributed by atoms with Crippen molar-refractivity contribution in [2.45, 2.75) is 64.4 Å². The summed E-state index contributed by atoms with van der Waals surface area (Å²) in [4.78, 5) is 12.4. The predicted molar refractivity (Wildman–Crippen MR) is 90.5 cm³/mol. The summed E-state index contributed by atoms with van der Waals surface area (Å²) >= 11 is 0. The molecule has 122 valence electrons. The van der Waals surface area contributed by atoms with Gasteiger partial charge in [-0.25, -0.2) is 0 Å². The number of carbonyl (C=O) groups excluding carboxylic acids is 1. The van der Waals surface area contributed by atoms with Gasteiger partial charge in [-0.3, -0.25) is 4.79 Å². The standard InChI is InChI=1S/C21H26O2/c1-4-21(23)12-11-19(2)14(13-21)5-6-15-16-7-8-18(22)20(16,3)10-9-17(15)19/h1,5-6,16-17,23H,7-13H2,2-3H3/t16-,17+,19-,20-,21?/m0/s1. The third kappa shape index (κ3) is 1.89. The highest BCUT2D eigenvalue weighted by Gasteiger charge is 2.57. The normalized spacial score (nSPS) is 48.5. The maximum atomic E-state index is 12.4. The van der Waals surface area contributed by atoms with Crippen LogP contribution in [0.25, 0.3) is 0 Å². The first-order valence-electron chi connectivity index (χ1n) is 8.97. The van der Waals surface area contributed by atoms with Crippen LogP contribution < -0.4 is 0 Å². The van der Waals surface area contributed by atoms with Gasteiger partial charge in [-0.15, -0.1) is 6.42 Å². The van der Waals surface area contributed by atoms with E-state index < -0.39 is 5.60 Å². The highest BCUT2D eigenvalue weighted by molar-refractivity contribution is 5.88. The second-order valence-corrected chi connectivity index (χ2v) is 8.65. The molecule has 0 aromatic heterocycles. The Morgan fingerprint density at radius 1 is 1.13 bits per heavy atom. The molecule has 23 heavy (non-hydrogen) atoms. The Kier molecular flexibility index (Phi) is 3.05. The van der Waals surface area contributed by atoms with E-state index in [2.05, 4.69) is 31.9 Å². The van der Waals surface area contributed by atoms with Crippen molar-refractivity contribution in [1.82, 2.24) is 0 Å². The molecule has 1 N–H and O–H groups in total. The van der Waals surface area contributed by atoms with E-state index in [9.17, 15) is 9.90 Å². The number of aliphatic hydroxyl groups is 1. The van der Waals surface area contributed by atoms with E-state index in [1.165, 1.54) is 11.1 Å². The summed E-state index contributed by atoms with van der Waals surface area (Å²) in [6, 6.07) is 0. The molecule has 2 nitrogen and oxygen atoms in total. The van der Waals surface area contributed by atoms with Gasteiger partial charge in [-0.2, -0.15) is 0 Å². The van der Waals surface area contributed by atoms with Crippen LogP contribution in [0.5, 0.6) is 0 Å². The van der Waals surface area contributed by atoms with Gasteiger partial charge in [-0.05, 0) is 49.4 Å². The van der Waals surface area contributed by atoms with E-state index in [0.717, 1.165) is 32.1 Å². The average molecular weight is 310 g/mol. The number of carbonyl (C=O) groups is 1. The Bertz CT molecular complexity index is 678. The zero-order valence-electron chi connectivity index (χ0n) is 14.2.